The maximum atomic E-state index is 4.03. The minimum Gasteiger partial charge on any atom is -0.249 e. The summed E-state index contributed by atoms with van der Waals surface area (Å²) in [6, 6.07) is 0. The van der Waals surface area contributed by atoms with Crippen molar-refractivity contribution in [3.8, 4) is 0 Å². The molecule has 0 aromatic rings. The van der Waals surface area contributed by atoms with Gasteiger partial charge in [0.05, 0.1) is 3.70 Å². The molecule has 3 heteroatoms. The number of rotatable bonds is 3. The Morgan fingerprint density at radius 2 is 2.30 bits per heavy atom. The molecule has 0 heterocycles. The van der Waals surface area contributed by atoms with E-state index in [1.165, 1.54) is 0 Å². The smallest absolute Gasteiger partial charge is 0.116 e. The lowest BCUT2D eigenvalue weighted by molar-refractivity contribution is 1.21. The van der Waals surface area contributed by atoms with Crippen LogP contribution < -0.4 is 0 Å². The monoisotopic (exact) mass is 250 g/mol. The van der Waals surface area contributed by atoms with E-state index < -0.39 is 0 Å². The number of allylic oxidation sites excluding steroid dienone is 1. The molecule has 0 radical (unpaired) electrons. The van der Waals surface area contributed by atoms with E-state index in [0.29, 0.717) is 0 Å². The molecule has 0 atom stereocenters. The Hall–Kier alpha value is -0.190. The molecule has 0 aromatic carbocycles. The molecular weight excluding hydrogens is 239 g/mol. The van der Waals surface area contributed by atoms with Crippen molar-refractivity contribution in [3.63, 3.8) is 0 Å². The molecule has 0 rings (SSSR count). The summed E-state index contributed by atoms with van der Waals surface area (Å²) in [5, 5.41) is 0. The number of nitrogens with zero attached hydrogens (tertiary/aromatic N) is 2. The van der Waals surface area contributed by atoms with Gasteiger partial charge in [0.1, 0.15) is 6.34 Å². The summed E-state index contributed by atoms with van der Waals surface area (Å²) in [7, 11) is 0. The van der Waals surface area contributed by atoms with E-state index in [1.807, 2.05) is 13.0 Å². The molecule has 0 saturated heterocycles. The predicted molar refractivity (Wildman–Crippen MR) is 55.1 cm³/mol. The lowest BCUT2D eigenvalue weighted by atomic mass is 10.5. The summed E-state index contributed by atoms with van der Waals surface area (Å²) in [5.74, 6) is 0. The third-order valence-corrected chi connectivity index (χ3v) is 1.49. The summed E-state index contributed by atoms with van der Waals surface area (Å²) in [4.78, 5) is 7.86. The number of hydrogen-bond acceptors (Lipinski definition) is 1. The molecule has 0 aliphatic rings. The van der Waals surface area contributed by atoms with Crippen LogP contribution in [-0.4, -0.2) is 12.6 Å². The highest BCUT2D eigenvalue weighted by atomic mass is 127. The van der Waals surface area contributed by atoms with Crippen LogP contribution in [0.1, 0.15) is 20.3 Å². The standard InChI is InChI=1S/C7H11IN2/c1-3-5-7(8)10-6-9-4-2/h4-6H,3H2,1-2H3/b7-5+,9-4-,10-6-. The van der Waals surface area contributed by atoms with Crippen LogP contribution in [0.4, 0.5) is 0 Å². The quantitative estimate of drug-likeness (QED) is 0.318. The highest BCUT2D eigenvalue weighted by Crippen LogP contribution is 2.06. The summed E-state index contributed by atoms with van der Waals surface area (Å²) in [5.41, 5.74) is 0. The van der Waals surface area contributed by atoms with Crippen molar-refractivity contribution < 1.29 is 0 Å². The molecule has 0 aliphatic carbocycles. The number of hydrogen-bond donors (Lipinski definition) is 0. The second-order valence-electron chi connectivity index (χ2n) is 1.59. The Morgan fingerprint density at radius 3 is 2.80 bits per heavy atom. The largest absolute Gasteiger partial charge is 0.249 e. The first kappa shape index (κ1) is 9.81. The van der Waals surface area contributed by atoms with E-state index in [2.05, 4.69) is 39.5 Å². The zero-order valence-electron chi connectivity index (χ0n) is 6.21. The summed E-state index contributed by atoms with van der Waals surface area (Å²) in [6.07, 6.45) is 6.32. The van der Waals surface area contributed by atoms with E-state index in [1.54, 1.807) is 12.6 Å². The van der Waals surface area contributed by atoms with Gasteiger partial charge in [-0.3, -0.25) is 0 Å². The Kier molecular flexibility index (Phi) is 6.79. The topological polar surface area (TPSA) is 24.7 Å². The molecule has 0 aromatic heterocycles. The Morgan fingerprint density at radius 1 is 1.60 bits per heavy atom. The summed E-state index contributed by atoms with van der Waals surface area (Å²) < 4.78 is 0.991. The molecule has 0 amide bonds. The van der Waals surface area contributed by atoms with Crippen molar-refractivity contribution in [3.05, 3.63) is 9.78 Å². The second kappa shape index (κ2) is 6.92. The Balaban J connectivity index is 3.76. The zero-order valence-corrected chi connectivity index (χ0v) is 8.37. The van der Waals surface area contributed by atoms with Gasteiger partial charge in [0.2, 0.25) is 0 Å². The molecule has 0 spiro atoms. The van der Waals surface area contributed by atoms with Gasteiger partial charge in [-0.25, -0.2) is 9.98 Å². The van der Waals surface area contributed by atoms with Gasteiger partial charge in [-0.05, 0) is 35.9 Å². The van der Waals surface area contributed by atoms with Crippen LogP contribution in [0.25, 0.3) is 0 Å². The third kappa shape index (κ3) is 5.94. The average Bonchev–Trinajstić information content (AvgIpc) is 1.89. The van der Waals surface area contributed by atoms with E-state index in [4.69, 9.17) is 0 Å². The third-order valence-electron chi connectivity index (χ3n) is 0.769. The van der Waals surface area contributed by atoms with Crippen LogP contribution in [0, 0.1) is 0 Å². The molecule has 0 saturated carbocycles. The molecule has 0 N–H and O–H groups in total. The second-order valence-corrected chi connectivity index (χ2v) is 2.69. The van der Waals surface area contributed by atoms with Crippen molar-refractivity contribution >= 4 is 35.1 Å². The van der Waals surface area contributed by atoms with Crippen LogP contribution in [0.5, 0.6) is 0 Å². The number of aliphatic imine (C=N–C) groups is 2. The summed E-state index contributed by atoms with van der Waals surface area (Å²) >= 11 is 2.17. The van der Waals surface area contributed by atoms with Crippen LogP contribution in [0.15, 0.2) is 19.8 Å². The van der Waals surface area contributed by atoms with Crippen molar-refractivity contribution in [2.75, 3.05) is 0 Å². The van der Waals surface area contributed by atoms with Gasteiger partial charge < -0.3 is 0 Å². The molecule has 0 aliphatic heterocycles. The van der Waals surface area contributed by atoms with Crippen LogP contribution >= 0.6 is 22.6 Å². The normalized spacial score (nSPS) is 13.7. The van der Waals surface area contributed by atoms with Gasteiger partial charge in [0.15, 0.2) is 0 Å². The SMILES string of the molecule is C\C=N/C=N\C(I)=C\CC. The van der Waals surface area contributed by atoms with Crippen LogP contribution in [0.3, 0.4) is 0 Å². The predicted octanol–water partition coefficient (Wildman–Crippen LogP) is 2.79. The van der Waals surface area contributed by atoms with Crippen LogP contribution in [-0.2, 0) is 0 Å². The van der Waals surface area contributed by atoms with E-state index in [0.717, 1.165) is 10.1 Å². The fraction of sp³-hybridized carbons (Fsp3) is 0.429. The van der Waals surface area contributed by atoms with Gasteiger partial charge >= 0.3 is 0 Å². The highest BCUT2D eigenvalue weighted by molar-refractivity contribution is 14.1. The lowest BCUT2D eigenvalue weighted by Gasteiger charge is -1.83. The molecule has 10 heavy (non-hydrogen) atoms. The Labute approximate surface area is 75.3 Å². The van der Waals surface area contributed by atoms with Crippen molar-refractivity contribution in [1.82, 2.24) is 0 Å². The minimum absolute atomic E-state index is 0.991. The first-order valence-corrected chi connectivity index (χ1v) is 4.25. The fourth-order valence-electron chi connectivity index (χ4n) is 0.376. The van der Waals surface area contributed by atoms with Gasteiger partial charge in [-0.2, -0.15) is 0 Å². The first-order chi connectivity index (χ1) is 4.81. The average molecular weight is 250 g/mol. The maximum absolute atomic E-state index is 4.03. The fourth-order valence-corrected chi connectivity index (χ4v) is 0.941. The molecule has 0 fully saturated rings. The summed E-state index contributed by atoms with van der Waals surface area (Å²) in [6.45, 7) is 3.94. The zero-order chi connectivity index (χ0) is 7.82. The Bertz CT molecular complexity index is 159. The highest BCUT2D eigenvalue weighted by Gasteiger charge is 1.79. The first-order valence-electron chi connectivity index (χ1n) is 3.17. The maximum Gasteiger partial charge on any atom is 0.116 e. The molecule has 56 valence electrons. The van der Waals surface area contributed by atoms with Gasteiger partial charge in [-0.15, -0.1) is 0 Å². The van der Waals surface area contributed by atoms with Crippen LogP contribution in [0.2, 0.25) is 0 Å². The van der Waals surface area contributed by atoms with Gasteiger partial charge in [0.25, 0.3) is 0 Å². The van der Waals surface area contributed by atoms with Crippen molar-refractivity contribution in [2.24, 2.45) is 9.98 Å². The van der Waals surface area contributed by atoms with Crippen molar-refractivity contribution in [1.29, 1.82) is 0 Å². The van der Waals surface area contributed by atoms with E-state index in [-0.39, 0.29) is 0 Å². The molecule has 0 bridgehead atoms. The molecular formula is C7H11IN2. The molecule has 0 unspecified atom stereocenters. The van der Waals surface area contributed by atoms with Gasteiger partial charge in [-0.1, -0.05) is 13.0 Å². The minimum atomic E-state index is 0.991. The van der Waals surface area contributed by atoms with E-state index >= 15 is 0 Å². The number of halogens is 1. The van der Waals surface area contributed by atoms with Crippen molar-refractivity contribution in [2.45, 2.75) is 20.3 Å². The van der Waals surface area contributed by atoms with E-state index in [9.17, 15) is 0 Å². The lowest BCUT2D eigenvalue weighted by Crippen LogP contribution is -1.67. The van der Waals surface area contributed by atoms with Gasteiger partial charge in [0, 0.05) is 6.21 Å². The molecule has 2 nitrogen and oxygen atoms in total.